The zero-order chi connectivity index (χ0) is 8.27. The Morgan fingerprint density at radius 2 is 2.55 bits per heavy atom. The summed E-state index contributed by atoms with van der Waals surface area (Å²) in [6, 6.07) is 2.75. The van der Waals surface area contributed by atoms with Gasteiger partial charge in [0.1, 0.15) is 0 Å². The van der Waals surface area contributed by atoms with Crippen molar-refractivity contribution in [1.29, 1.82) is 0 Å². The van der Waals surface area contributed by atoms with Gasteiger partial charge in [0, 0.05) is 18.8 Å². The fraction of sp³-hybridized carbons (Fsp3) is 0.286. The van der Waals surface area contributed by atoms with Gasteiger partial charge in [0.25, 0.3) is 0 Å². The van der Waals surface area contributed by atoms with Gasteiger partial charge in [-0.05, 0) is 13.0 Å². The van der Waals surface area contributed by atoms with E-state index in [1.165, 1.54) is 12.3 Å². The van der Waals surface area contributed by atoms with Crippen molar-refractivity contribution in [3.05, 3.63) is 18.3 Å². The lowest BCUT2D eigenvalue weighted by Crippen LogP contribution is -2.27. The summed E-state index contributed by atoms with van der Waals surface area (Å²) in [6.07, 6.45) is 1.50. The van der Waals surface area contributed by atoms with E-state index in [-0.39, 0.29) is 11.9 Å². The Morgan fingerprint density at radius 3 is 3.00 bits per heavy atom. The lowest BCUT2D eigenvalue weighted by atomic mass is 10.7. The van der Waals surface area contributed by atoms with E-state index in [2.05, 4.69) is 5.32 Å². The van der Waals surface area contributed by atoms with E-state index in [0.717, 1.165) is 4.57 Å². The normalized spacial score (nSPS) is 9.55. The number of hydrogen-bond donors (Lipinski definition) is 2. The first kappa shape index (κ1) is 7.65. The van der Waals surface area contributed by atoms with Gasteiger partial charge in [-0.1, -0.05) is 0 Å². The number of amides is 1. The lowest BCUT2D eigenvalue weighted by Gasteiger charge is -2.02. The molecule has 1 aromatic heterocycles. The molecule has 1 rings (SSSR count). The Kier molecular flexibility index (Phi) is 2.15. The predicted octanol–water partition coefficient (Wildman–Crippen LogP) is 0.771. The number of rotatable bonds is 1. The molecule has 0 atom stereocenters. The number of aromatic nitrogens is 1. The van der Waals surface area contributed by atoms with Crippen LogP contribution in [-0.4, -0.2) is 22.2 Å². The first-order valence-electron chi connectivity index (χ1n) is 3.40. The Labute approximate surface area is 64.5 Å². The molecule has 0 unspecified atom stereocenters. The van der Waals surface area contributed by atoms with Crippen LogP contribution in [-0.2, 0) is 0 Å². The highest BCUT2D eigenvalue weighted by molar-refractivity contribution is 5.78. The van der Waals surface area contributed by atoms with E-state index < -0.39 is 0 Å². The van der Waals surface area contributed by atoms with Gasteiger partial charge in [-0.15, -0.1) is 0 Å². The van der Waals surface area contributed by atoms with Crippen LogP contribution in [0, 0.1) is 0 Å². The molecule has 0 aromatic carbocycles. The topological polar surface area (TPSA) is 54.3 Å². The Morgan fingerprint density at radius 1 is 1.82 bits per heavy atom. The quantitative estimate of drug-likeness (QED) is 0.627. The van der Waals surface area contributed by atoms with Crippen LogP contribution in [0.4, 0.5) is 4.79 Å². The first-order chi connectivity index (χ1) is 5.25. The molecule has 0 bridgehead atoms. The zero-order valence-electron chi connectivity index (χ0n) is 6.24. The standard InChI is InChI=1S/C7H10N2O2/c1-2-8-7(11)9-5-3-4-6(9)10/h3-5,10H,2H2,1H3,(H,8,11). The van der Waals surface area contributed by atoms with Crippen LogP contribution >= 0.6 is 0 Å². The summed E-state index contributed by atoms with van der Waals surface area (Å²) in [6.45, 7) is 2.37. The maximum atomic E-state index is 11.0. The van der Waals surface area contributed by atoms with Gasteiger partial charge >= 0.3 is 6.03 Å². The molecule has 0 radical (unpaired) electrons. The van der Waals surface area contributed by atoms with E-state index >= 15 is 0 Å². The third-order valence-electron chi connectivity index (χ3n) is 1.27. The van der Waals surface area contributed by atoms with Crippen molar-refractivity contribution >= 4 is 6.03 Å². The Balaban J connectivity index is 2.76. The van der Waals surface area contributed by atoms with Gasteiger partial charge in [0.05, 0.1) is 0 Å². The van der Waals surface area contributed by atoms with Crippen LogP contribution in [0.5, 0.6) is 5.88 Å². The number of hydrogen-bond acceptors (Lipinski definition) is 2. The SMILES string of the molecule is CCNC(=O)n1cccc1O. The smallest absolute Gasteiger partial charge is 0.328 e. The van der Waals surface area contributed by atoms with Gasteiger partial charge in [0.15, 0.2) is 5.88 Å². The minimum atomic E-state index is -0.310. The number of aromatic hydroxyl groups is 1. The highest BCUT2D eigenvalue weighted by atomic mass is 16.3. The predicted molar refractivity (Wildman–Crippen MR) is 40.6 cm³/mol. The molecule has 4 heteroatoms. The molecule has 0 aliphatic rings. The summed E-state index contributed by atoms with van der Waals surface area (Å²) >= 11 is 0. The number of carbonyl (C=O) groups excluding carboxylic acids is 1. The average Bonchev–Trinajstić information content (AvgIpc) is 2.36. The third kappa shape index (κ3) is 1.52. The fourth-order valence-corrected chi connectivity index (χ4v) is 0.780. The minimum Gasteiger partial charge on any atom is -0.494 e. The molecule has 0 saturated heterocycles. The Hall–Kier alpha value is -1.45. The van der Waals surface area contributed by atoms with Crippen molar-refractivity contribution in [2.75, 3.05) is 6.54 Å². The van der Waals surface area contributed by atoms with Gasteiger partial charge in [-0.25, -0.2) is 9.36 Å². The van der Waals surface area contributed by atoms with Crippen LogP contribution in [0.1, 0.15) is 6.92 Å². The number of carbonyl (C=O) groups is 1. The van der Waals surface area contributed by atoms with E-state index in [4.69, 9.17) is 5.11 Å². The molecule has 1 amide bonds. The van der Waals surface area contributed by atoms with Gasteiger partial charge < -0.3 is 10.4 Å². The van der Waals surface area contributed by atoms with Crippen molar-refractivity contribution in [3.63, 3.8) is 0 Å². The second kappa shape index (κ2) is 3.09. The highest BCUT2D eigenvalue weighted by Gasteiger charge is 2.04. The minimum absolute atomic E-state index is 0.0454. The number of nitrogens with zero attached hydrogens (tertiary/aromatic N) is 1. The summed E-state index contributed by atoms with van der Waals surface area (Å²) in [5.74, 6) is -0.0454. The van der Waals surface area contributed by atoms with Crippen LogP contribution in [0.3, 0.4) is 0 Å². The van der Waals surface area contributed by atoms with E-state index in [0.29, 0.717) is 6.54 Å². The molecular weight excluding hydrogens is 144 g/mol. The molecule has 0 spiro atoms. The fourth-order valence-electron chi connectivity index (χ4n) is 0.780. The molecule has 11 heavy (non-hydrogen) atoms. The van der Waals surface area contributed by atoms with Crippen molar-refractivity contribution < 1.29 is 9.90 Å². The molecule has 0 fully saturated rings. The van der Waals surface area contributed by atoms with Gasteiger partial charge in [-0.3, -0.25) is 0 Å². The molecule has 60 valence electrons. The number of nitrogens with one attached hydrogen (secondary N) is 1. The Bertz CT molecular complexity index is 255. The van der Waals surface area contributed by atoms with Gasteiger partial charge in [-0.2, -0.15) is 0 Å². The summed E-state index contributed by atoms with van der Waals surface area (Å²) in [4.78, 5) is 11.0. The van der Waals surface area contributed by atoms with Crippen LogP contribution < -0.4 is 5.32 Å². The zero-order valence-corrected chi connectivity index (χ0v) is 6.24. The lowest BCUT2D eigenvalue weighted by molar-refractivity contribution is 0.240. The summed E-state index contributed by atoms with van der Waals surface area (Å²) in [5.41, 5.74) is 0. The third-order valence-corrected chi connectivity index (χ3v) is 1.27. The summed E-state index contributed by atoms with van der Waals surface area (Å²) < 4.78 is 1.14. The molecule has 1 aromatic rings. The van der Waals surface area contributed by atoms with E-state index in [9.17, 15) is 4.79 Å². The van der Waals surface area contributed by atoms with Gasteiger partial charge in [0.2, 0.25) is 0 Å². The highest BCUT2D eigenvalue weighted by Crippen LogP contribution is 2.07. The largest absolute Gasteiger partial charge is 0.494 e. The molecule has 2 N–H and O–H groups in total. The molecule has 0 aliphatic heterocycles. The van der Waals surface area contributed by atoms with E-state index in [1.54, 1.807) is 6.07 Å². The summed E-state index contributed by atoms with van der Waals surface area (Å²) in [5, 5.41) is 11.6. The molecule has 0 aliphatic carbocycles. The van der Waals surface area contributed by atoms with Crippen molar-refractivity contribution in [2.45, 2.75) is 6.92 Å². The average molecular weight is 154 g/mol. The summed E-state index contributed by atoms with van der Waals surface area (Å²) in [7, 11) is 0. The molecule has 4 nitrogen and oxygen atoms in total. The monoisotopic (exact) mass is 154 g/mol. The maximum absolute atomic E-state index is 11.0. The van der Waals surface area contributed by atoms with Crippen LogP contribution in [0.2, 0.25) is 0 Å². The van der Waals surface area contributed by atoms with Crippen molar-refractivity contribution in [1.82, 2.24) is 9.88 Å². The second-order valence-electron chi connectivity index (χ2n) is 2.07. The van der Waals surface area contributed by atoms with Crippen LogP contribution in [0.15, 0.2) is 18.3 Å². The van der Waals surface area contributed by atoms with E-state index in [1.807, 2.05) is 6.92 Å². The molecular formula is C7H10N2O2. The van der Waals surface area contributed by atoms with Crippen molar-refractivity contribution in [3.8, 4) is 5.88 Å². The van der Waals surface area contributed by atoms with Crippen molar-refractivity contribution in [2.24, 2.45) is 0 Å². The van der Waals surface area contributed by atoms with Crippen LogP contribution in [0.25, 0.3) is 0 Å². The first-order valence-corrected chi connectivity index (χ1v) is 3.40. The molecule has 0 saturated carbocycles. The molecule has 1 heterocycles. The maximum Gasteiger partial charge on any atom is 0.328 e. The second-order valence-corrected chi connectivity index (χ2v) is 2.07.